The van der Waals surface area contributed by atoms with Crippen molar-refractivity contribution in [3.05, 3.63) is 56.8 Å². The van der Waals surface area contributed by atoms with Gasteiger partial charge in [-0.05, 0) is 44.2 Å². The molecule has 0 saturated carbocycles. The number of H-pyrrole nitrogens is 1. The van der Waals surface area contributed by atoms with Crippen LogP contribution in [0.4, 0.5) is 0 Å². The molecule has 1 aliphatic rings. The minimum atomic E-state index is -0.566. The Hall–Kier alpha value is -2.63. The van der Waals surface area contributed by atoms with Crippen LogP contribution < -0.4 is 16.6 Å². The highest BCUT2D eigenvalue weighted by atomic mass is 16.2. The Morgan fingerprint density at radius 2 is 2.04 bits per heavy atom. The van der Waals surface area contributed by atoms with Crippen molar-refractivity contribution in [1.82, 2.24) is 14.9 Å². The van der Waals surface area contributed by atoms with Gasteiger partial charge >= 0.3 is 5.69 Å². The van der Waals surface area contributed by atoms with Gasteiger partial charge in [0.05, 0.1) is 10.9 Å². The van der Waals surface area contributed by atoms with Crippen molar-refractivity contribution in [3.8, 4) is 0 Å². The smallest absolute Gasteiger partial charge is 0.329 e. The Labute approximate surface area is 139 Å². The number of amides is 1. The van der Waals surface area contributed by atoms with Crippen LogP contribution in [0.1, 0.15) is 32.1 Å². The fourth-order valence-electron chi connectivity index (χ4n) is 3.04. The molecule has 24 heavy (non-hydrogen) atoms. The van der Waals surface area contributed by atoms with Gasteiger partial charge in [0.2, 0.25) is 5.91 Å². The fraction of sp³-hybridized carbons (Fsp3) is 0.389. The number of hydrogen-bond acceptors (Lipinski definition) is 3. The maximum absolute atomic E-state index is 12.4. The van der Waals surface area contributed by atoms with Crippen molar-refractivity contribution in [2.75, 3.05) is 6.54 Å². The minimum absolute atomic E-state index is 0.266. The summed E-state index contributed by atoms with van der Waals surface area (Å²) >= 11 is 0. The van der Waals surface area contributed by atoms with Crippen LogP contribution in [-0.4, -0.2) is 22.0 Å². The van der Waals surface area contributed by atoms with Crippen LogP contribution in [0.3, 0.4) is 0 Å². The SMILES string of the molecule is O=C(Cn1c(=O)[nH]c2ccccc2c1=O)NCCC1=CCCCC1. The van der Waals surface area contributed by atoms with Gasteiger partial charge in [-0.1, -0.05) is 23.8 Å². The molecule has 1 aromatic heterocycles. The summed E-state index contributed by atoms with van der Waals surface area (Å²) in [5, 5.41) is 3.19. The number of aromatic amines is 1. The van der Waals surface area contributed by atoms with Crippen LogP contribution >= 0.6 is 0 Å². The normalized spacial score (nSPS) is 14.4. The number of carbonyl (C=O) groups is 1. The zero-order valence-corrected chi connectivity index (χ0v) is 13.5. The summed E-state index contributed by atoms with van der Waals surface area (Å²) in [4.78, 5) is 39.1. The molecule has 1 aromatic carbocycles. The molecule has 2 N–H and O–H groups in total. The third-order valence-electron chi connectivity index (χ3n) is 4.34. The Morgan fingerprint density at radius 1 is 1.21 bits per heavy atom. The molecule has 1 heterocycles. The van der Waals surface area contributed by atoms with E-state index in [0.29, 0.717) is 17.4 Å². The molecule has 0 saturated heterocycles. The lowest BCUT2D eigenvalue weighted by Gasteiger charge is -2.13. The van der Waals surface area contributed by atoms with Crippen molar-refractivity contribution in [2.45, 2.75) is 38.6 Å². The second-order valence-corrected chi connectivity index (χ2v) is 6.08. The summed E-state index contributed by atoms with van der Waals surface area (Å²) in [5.74, 6) is -0.325. The minimum Gasteiger partial charge on any atom is -0.354 e. The molecule has 3 rings (SSSR count). The van der Waals surface area contributed by atoms with Crippen LogP contribution in [0.25, 0.3) is 10.9 Å². The standard InChI is InChI=1S/C18H21N3O3/c22-16(19-11-10-13-6-2-1-3-7-13)12-21-17(23)14-8-4-5-9-15(14)20-18(21)24/h4-6,8-9H,1-3,7,10-12H2,(H,19,22)(H,20,24). The number of rotatable bonds is 5. The molecule has 1 amide bonds. The molecule has 0 aliphatic heterocycles. The summed E-state index contributed by atoms with van der Waals surface area (Å²) in [5.41, 5.74) is 0.846. The van der Waals surface area contributed by atoms with Crippen molar-refractivity contribution < 1.29 is 4.79 Å². The summed E-state index contributed by atoms with van der Waals surface area (Å²) in [6.07, 6.45) is 7.73. The van der Waals surface area contributed by atoms with Gasteiger partial charge in [-0.25, -0.2) is 4.79 Å². The van der Waals surface area contributed by atoms with Gasteiger partial charge < -0.3 is 10.3 Å². The van der Waals surface area contributed by atoms with Gasteiger partial charge in [-0.3, -0.25) is 14.2 Å². The van der Waals surface area contributed by atoms with Gasteiger partial charge in [0, 0.05) is 6.54 Å². The molecule has 0 bridgehead atoms. The van der Waals surface area contributed by atoms with E-state index in [2.05, 4.69) is 16.4 Å². The highest BCUT2D eigenvalue weighted by Crippen LogP contribution is 2.19. The monoisotopic (exact) mass is 327 g/mol. The van der Waals surface area contributed by atoms with E-state index in [1.807, 2.05) is 0 Å². The first-order chi connectivity index (χ1) is 11.6. The Bertz CT molecular complexity index is 892. The molecule has 1 aliphatic carbocycles. The van der Waals surface area contributed by atoms with E-state index in [4.69, 9.17) is 0 Å². The highest BCUT2D eigenvalue weighted by molar-refractivity contribution is 5.78. The van der Waals surface area contributed by atoms with Gasteiger partial charge in [0.15, 0.2) is 0 Å². The van der Waals surface area contributed by atoms with Crippen LogP contribution in [-0.2, 0) is 11.3 Å². The zero-order valence-electron chi connectivity index (χ0n) is 13.5. The number of allylic oxidation sites excluding steroid dienone is 1. The molecule has 6 nitrogen and oxygen atoms in total. The fourth-order valence-corrected chi connectivity index (χ4v) is 3.04. The van der Waals surface area contributed by atoms with Crippen molar-refractivity contribution in [3.63, 3.8) is 0 Å². The van der Waals surface area contributed by atoms with E-state index >= 15 is 0 Å². The van der Waals surface area contributed by atoms with Gasteiger partial charge in [-0.2, -0.15) is 0 Å². The number of para-hydroxylation sites is 1. The van der Waals surface area contributed by atoms with Gasteiger partial charge in [-0.15, -0.1) is 0 Å². The molecule has 0 unspecified atom stereocenters. The van der Waals surface area contributed by atoms with Crippen molar-refractivity contribution in [1.29, 1.82) is 0 Å². The van der Waals surface area contributed by atoms with Crippen LogP contribution in [0.15, 0.2) is 45.5 Å². The molecule has 0 atom stereocenters. The number of aromatic nitrogens is 2. The number of nitrogens with one attached hydrogen (secondary N) is 2. The second-order valence-electron chi connectivity index (χ2n) is 6.08. The lowest BCUT2D eigenvalue weighted by Crippen LogP contribution is -2.40. The van der Waals surface area contributed by atoms with E-state index in [1.165, 1.54) is 18.4 Å². The third kappa shape index (κ3) is 3.64. The zero-order chi connectivity index (χ0) is 16.9. The highest BCUT2D eigenvalue weighted by Gasteiger charge is 2.11. The number of carbonyl (C=O) groups excluding carboxylic acids is 1. The van der Waals surface area contributed by atoms with Crippen molar-refractivity contribution >= 4 is 16.8 Å². The average Bonchev–Trinajstić information content (AvgIpc) is 2.59. The predicted octanol–water partition coefficient (Wildman–Crippen LogP) is 1.70. The Morgan fingerprint density at radius 3 is 2.83 bits per heavy atom. The summed E-state index contributed by atoms with van der Waals surface area (Å²) < 4.78 is 0.942. The topological polar surface area (TPSA) is 84.0 Å². The van der Waals surface area contributed by atoms with Gasteiger partial charge in [0.1, 0.15) is 6.54 Å². The largest absolute Gasteiger partial charge is 0.354 e. The van der Waals surface area contributed by atoms with Gasteiger partial charge in [0.25, 0.3) is 5.56 Å². The second kappa shape index (κ2) is 7.29. The number of nitrogens with zero attached hydrogens (tertiary/aromatic N) is 1. The lowest BCUT2D eigenvalue weighted by molar-refractivity contribution is -0.121. The summed E-state index contributed by atoms with van der Waals surface area (Å²) in [7, 11) is 0. The molecular formula is C18H21N3O3. The maximum atomic E-state index is 12.4. The van der Waals surface area contributed by atoms with E-state index in [9.17, 15) is 14.4 Å². The first kappa shape index (κ1) is 16.2. The molecule has 0 spiro atoms. The third-order valence-corrected chi connectivity index (χ3v) is 4.34. The van der Waals surface area contributed by atoms with E-state index < -0.39 is 11.2 Å². The molecule has 0 radical (unpaired) electrons. The number of fused-ring (bicyclic) bond motifs is 1. The predicted molar refractivity (Wildman–Crippen MR) is 93.0 cm³/mol. The van der Waals surface area contributed by atoms with E-state index in [1.54, 1.807) is 24.3 Å². The summed E-state index contributed by atoms with van der Waals surface area (Å²) in [6.45, 7) is 0.267. The number of hydrogen-bond donors (Lipinski definition) is 2. The Balaban J connectivity index is 1.66. The first-order valence-corrected chi connectivity index (χ1v) is 8.31. The Kier molecular flexibility index (Phi) is 4.93. The van der Waals surface area contributed by atoms with Crippen molar-refractivity contribution in [2.24, 2.45) is 0 Å². The molecule has 6 heteroatoms. The maximum Gasteiger partial charge on any atom is 0.329 e. The van der Waals surface area contributed by atoms with E-state index in [0.717, 1.165) is 23.8 Å². The average molecular weight is 327 g/mol. The quantitative estimate of drug-likeness (QED) is 0.820. The van der Waals surface area contributed by atoms with E-state index in [-0.39, 0.29) is 12.5 Å². The lowest BCUT2D eigenvalue weighted by atomic mass is 9.97. The molecule has 2 aromatic rings. The molecule has 126 valence electrons. The van der Waals surface area contributed by atoms with Crippen LogP contribution in [0, 0.1) is 0 Å². The molecule has 0 fully saturated rings. The first-order valence-electron chi connectivity index (χ1n) is 8.31. The van der Waals surface area contributed by atoms with Crippen LogP contribution in [0.5, 0.6) is 0 Å². The van der Waals surface area contributed by atoms with Crippen LogP contribution in [0.2, 0.25) is 0 Å². The number of benzene rings is 1. The molecular weight excluding hydrogens is 306 g/mol. The summed E-state index contributed by atoms with van der Waals surface area (Å²) in [6, 6.07) is 6.77.